The van der Waals surface area contributed by atoms with Gasteiger partial charge in [0.2, 0.25) is 11.8 Å². The third-order valence-corrected chi connectivity index (χ3v) is 8.95. The number of carbonyl (C=O) groups excluding carboxylic acids is 2. The van der Waals surface area contributed by atoms with Gasteiger partial charge in [0, 0.05) is 6.54 Å². The molecule has 2 aromatic rings. The third kappa shape index (κ3) is 3.51. The Kier molecular flexibility index (Phi) is 6.34. The minimum absolute atomic E-state index is 0.0469. The van der Waals surface area contributed by atoms with Crippen molar-refractivity contribution in [3.05, 3.63) is 36.9 Å². The van der Waals surface area contributed by atoms with Gasteiger partial charge in [-0.2, -0.15) is 0 Å². The van der Waals surface area contributed by atoms with Crippen LogP contribution in [0.1, 0.15) is 34.1 Å². The van der Waals surface area contributed by atoms with Crippen molar-refractivity contribution in [3.63, 3.8) is 0 Å². The van der Waals surface area contributed by atoms with Crippen molar-refractivity contribution >= 4 is 28.8 Å². The first-order chi connectivity index (χ1) is 18.0. The van der Waals surface area contributed by atoms with Crippen LogP contribution >= 0.6 is 0 Å². The summed E-state index contributed by atoms with van der Waals surface area (Å²) in [5.41, 5.74) is -0.990. The van der Waals surface area contributed by atoms with Gasteiger partial charge >= 0.3 is 5.97 Å². The lowest BCUT2D eigenvalue weighted by atomic mass is 9.62. The number of fused-ring (bicyclic) bond motifs is 2. The second kappa shape index (κ2) is 9.16. The lowest BCUT2D eigenvalue weighted by Gasteiger charge is -2.40. The minimum atomic E-state index is -1.32. The predicted octanol–water partition coefficient (Wildman–Crippen LogP) is 1.52. The number of aliphatic hydroxyl groups excluding tert-OH is 1. The van der Waals surface area contributed by atoms with Crippen LogP contribution in [-0.4, -0.2) is 89.2 Å². The Morgan fingerprint density at radius 1 is 1.34 bits per heavy atom. The molecular weight excluding hydrogens is 490 g/mol. The molecule has 3 fully saturated rings. The van der Waals surface area contributed by atoms with Crippen molar-refractivity contribution in [2.75, 3.05) is 13.2 Å². The van der Waals surface area contributed by atoms with Crippen LogP contribution in [0.2, 0.25) is 0 Å². The Bertz CT molecular complexity index is 1290. The molecule has 0 saturated carbocycles. The maximum absolute atomic E-state index is 14.5. The highest BCUT2D eigenvalue weighted by Gasteiger charge is 2.80. The summed E-state index contributed by atoms with van der Waals surface area (Å²) in [5.74, 6) is -4.48. The Morgan fingerprint density at radius 2 is 2.05 bits per heavy atom. The number of aliphatic carboxylic acids is 1. The van der Waals surface area contributed by atoms with Gasteiger partial charge in [-0.05, 0) is 37.3 Å². The van der Waals surface area contributed by atoms with Crippen LogP contribution in [0.5, 0.6) is 0 Å². The average Bonchev–Trinajstić information content (AvgIpc) is 3.53. The van der Waals surface area contributed by atoms with E-state index in [4.69, 9.17) is 4.74 Å². The number of aliphatic hydroxyl groups is 1. The van der Waals surface area contributed by atoms with E-state index in [0.29, 0.717) is 11.9 Å². The zero-order chi connectivity index (χ0) is 27.6. The van der Waals surface area contributed by atoms with Crippen molar-refractivity contribution in [2.45, 2.75) is 64.1 Å². The zero-order valence-electron chi connectivity index (χ0n) is 22.1. The highest BCUT2D eigenvalue weighted by molar-refractivity contribution is 5.98. The van der Waals surface area contributed by atoms with Gasteiger partial charge in [0.15, 0.2) is 0 Å². The standard InChI is InChI=1S/C27H35N5O6/c1-6-11-30(14-31-18-10-8-7-9-17(18)28-29-31)24(35)22-27-12-16(4)26(5,38-27)21(25(36)37)20(27)23(34)32(22)19(13-33)15(2)3/h6-10,15-16,19-22,33H,1,11-14H2,2-5H3,(H,36,37)/t16?,19-,20-,21+,22?,26-,27?/m0/s1. The first-order valence-electron chi connectivity index (χ1n) is 13.1. The molecule has 2 amide bonds. The number of ether oxygens (including phenoxy) is 1. The number of nitrogens with zero attached hydrogens (tertiary/aromatic N) is 5. The number of likely N-dealkylation sites (tertiary alicyclic amines) is 1. The van der Waals surface area contributed by atoms with E-state index in [1.165, 1.54) is 9.80 Å². The molecule has 204 valence electrons. The average molecular weight is 526 g/mol. The van der Waals surface area contributed by atoms with Crippen LogP contribution in [0.4, 0.5) is 0 Å². The summed E-state index contributed by atoms with van der Waals surface area (Å²) in [5, 5.41) is 29.0. The molecule has 0 aliphatic carbocycles. The van der Waals surface area contributed by atoms with Crippen molar-refractivity contribution in [1.29, 1.82) is 0 Å². The second-order valence-corrected chi connectivity index (χ2v) is 11.4. The van der Waals surface area contributed by atoms with E-state index in [1.807, 2.05) is 45.0 Å². The highest BCUT2D eigenvalue weighted by atomic mass is 16.5. The van der Waals surface area contributed by atoms with Gasteiger partial charge in [-0.15, -0.1) is 11.7 Å². The van der Waals surface area contributed by atoms with Crippen LogP contribution in [0.15, 0.2) is 36.9 Å². The topological polar surface area (TPSA) is 138 Å². The van der Waals surface area contributed by atoms with E-state index in [-0.39, 0.29) is 31.7 Å². The van der Waals surface area contributed by atoms with Gasteiger partial charge in [-0.25, -0.2) is 4.68 Å². The Hall–Kier alpha value is -3.31. The normalized spacial score (nSPS) is 32.7. The summed E-state index contributed by atoms with van der Waals surface area (Å²) in [7, 11) is 0. The largest absolute Gasteiger partial charge is 0.481 e. The molecule has 2 N–H and O–H groups in total. The van der Waals surface area contributed by atoms with Crippen molar-refractivity contribution in [1.82, 2.24) is 24.8 Å². The number of amides is 2. The van der Waals surface area contributed by atoms with Crippen molar-refractivity contribution < 1.29 is 29.3 Å². The fraction of sp³-hybridized carbons (Fsp3) is 0.593. The molecule has 3 saturated heterocycles. The number of carbonyl (C=O) groups is 3. The fourth-order valence-electron chi connectivity index (χ4n) is 7.04. The summed E-state index contributed by atoms with van der Waals surface area (Å²) >= 11 is 0. The predicted molar refractivity (Wildman–Crippen MR) is 136 cm³/mol. The van der Waals surface area contributed by atoms with Crippen LogP contribution in [0.25, 0.3) is 11.0 Å². The molecule has 3 aliphatic heterocycles. The van der Waals surface area contributed by atoms with Crippen LogP contribution in [0, 0.1) is 23.7 Å². The fourth-order valence-corrected chi connectivity index (χ4v) is 7.04. The quantitative estimate of drug-likeness (QED) is 0.470. The van der Waals surface area contributed by atoms with Gasteiger partial charge in [0.05, 0.1) is 29.7 Å². The van der Waals surface area contributed by atoms with Crippen LogP contribution < -0.4 is 0 Å². The molecule has 38 heavy (non-hydrogen) atoms. The molecule has 3 unspecified atom stereocenters. The highest BCUT2D eigenvalue weighted by Crippen LogP contribution is 2.65. The van der Waals surface area contributed by atoms with Gasteiger partial charge < -0.3 is 24.7 Å². The van der Waals surface area contributed by atoms with Gasteiger partial charge in [0.25, 0.3) is 0 Å². The number of hydrogen-bond acceptors (Lipinski definition) is 7. The number of carboxylic acid groups (broad SMARTS) is 1. The second-order valence-electron chi connectivity index (χ2n) is 11.4. The number of hydrogen-bond donors (Lipinski definition) is 2. The van der Waals surface area contributed by atoms with Crippen LogP contribution in [-0.2, 0) is 25.8 Å². The maximum Gasteiger partial charge on any atom is 0.310 e. The van der Waals surface area contributed by atoms with Crippen molar-refractivity contribution in [3.8, 4) is 0 Å². The van der Waals surface area contributed by atoms with E-state index in [0.717, 1.165) is 5.52 Å². The molecule has 1 aromatic heterocycles. The maximum atomic E-state index is 14.5. The molecule has 0 radical (unpaired) electrons. The summed E-state index contributed by atoms with van der Waals surface area (Å²) < 4.78 is 8.17. The summed E-state index contributed by atoms with van der Waals surface area (Å²) in [6.07, 6.45) is 1.96. The molecule has 3 aliphatic rings. The molecule has 1 spiro atoms. The Morgan fingerprint density at radius 3 is 2.68 bits per heavy atom. The van der Waals surface area contributed by atoms with E-state index < -0.39 is 52.9 Å². The van der Waals surface area contributed by atoms with Gasteiger partial charge in [-0.3, -0.25) is 14.4 Å². The molecular formula is C27H35N5O6. The van der Waals surface area contributed by atoms with Gasteiger partial charge in [0.1, 0.15) is 29.7 Å². The summed E-state index contributed by atoms with van der Waals surface area (Å²) in [6.45, 7) is 11.0. The van der Waals surface area contributed by atoms with Crippen molar-refractivity contribution in [2.24, 2.45) is 23.7 Å². The van der Waals surface area contributed by atoms with Crippen LogP contribution in [0.3, 0.4) is 0 Å². The number of para-hydroxylation sites is 1. The monoisotopic (exact) mass is 525 g/mol. The van der Waals surface area contributed by atoms with Gasteiger partial charge in [-0.1, -0.05) is 44.2 Å². The SMILES string of the molecule is C=CCN(Cn1nnc2ccccc21)C(=O)C1N([C@@H](CO)C(C)C)C(=O)[C@@H]2[C@H](C(=O)O)[C@@]3(C)OC12CC3C. The first kappa shape index (κ1) is 26.3. The molecule has 2 bridgehead atoms. The lowest BCUT2D eigenvalue weighted by molar-refractivity contribution is -0.161. The number of rotatable bonds is 9. The zero-order valence-corrected chi connectivity index (χ0v) is 22.1. The number of carboxylic acids is 1. The molecule has 4 heterocycles. The molecule has 7 atom stereocenters. The first-order valence-corrected chi connectivity index (χ1v) is 13.1. The lowest BCUT2D eigenvalue weighted by Crippen LogP contribution is -2.60. The third-order valence-electron chi connectivity index (χ3n) is 8.95. The summed E-state index contributed by atoms with van der Waals surface area (Å²) in [4.78, 5) is 44.1. The molecule has 1 aromatic carbocycles. The molecule has 11 nitrogen and oxygen atoms in total. The van der Waals surface area contributed by atoms with E-state index >= 15 is 0 Å². The van der Waals surface area contributed by atoms with E-state index in [1.54, 1.807) is 17.7 Å². The molecule has 11 heteroatoms. The van der Waals surface area contributed by atoms with E-state index in [2.05, 4.69) is 16.9 Å². The molecule has 5 rings (SSSR count). The number of benzene rings is 1. The Balaban J connectivity index is 1.61. The smallest absolute Gasteiger partial charge is 0.310 e. The minimum Gasteiger partial charge on any atom is -0.481 e. The van der Waals surface area contributed by atoms with E-state index in [9.17, 15) is 24.6 Å². The summed E-state index contributed by atoms with van der Waals surface area (Å²) in [6, 6.07) is 5.60. The Labute approximate surface area is 221 Å². The number of aromatic nitrogens is 3.